The van der Waals surface area contributed by atoms with E-state index in [9.17, 15) is 8.42 Å². The number of benzene rings is 1. The summed E-state index contributed by atoms with van der Waals surface area (Å²) >= 11 is 0. The second-order valence-corrected chi connectivity index (χ2v) is 9.96. The molecule has 2 aromatic rings. The Hall–Kier alpha value is -1.74. The van der Waals surface area contributed by atoms with Gasteiger partial charge in [-0.05, 0) is 18.4 Å². The molecule has 0 saturated carbocycles. The molecule has 0 atom stereocenters. The molecule has 0 spiro atoms. The third-order valence-electron chi connectivity index (χ3n) is 5.71. The molecule has 3 rings (SSSR count). The van der Waals surface area contributed by atoms with Crippen LogP contribution in [-0.2, 0) is 34.1 Å². The number of ether oxygens (including phenoxy) is 1. The topological polar surface area (TPSA) is 67.7 Å². The molecule has 166 valence electrons. The summed E-state index contributed by atoms with van der Waals surface area (Å²) in [6.07, 6.45) is 3.55. The Morgan fingerprint density at radius 3 is 2.40 bits per heavy atom. The molecule has 0 radical (unpaired) electrons. The van der Waals surface area contributed by atoms with E-state index >= 15 is 0 Å². The fourth-order valence-electron chi connectivity index (χ4n) is 3.84. The number of rotatable bonds is 11. The maximum Gasteiger partial charge on any atom is 0.227 e. The molecule has 2 heterocycles. The molecule has 1 aliphatic heterocycles. The van der Waals surface area contributed by atoms with Crippen LogP contribution in [0.25, 0.3) is 0 Å². The van der Waals surface area contributed by atoms with Crippen LogP contribution in [0.5, 0.6) is 0 Å². The monoisotopic (exact) mass is 434 g/mol. The van der Waals surface area contributed by atoms with Crippen LogP contribution in [0.15, 0.2) is 41.7 Å². The molecule has 0 aliphatic carbocycles. The van der Waals surface area contributed by atoms with Crippen molar-refractivity contribution in [1.29, 1.82) is 0 Å². The zero-order valence-electron chi connectivity index (χ0n) is 18.2. The fraction of sp³-hybridized carbons (Fsp3) is 0.591. The first kappa shape index (κ1) is 22.9. The number of hydrogen-bond acceptors (Lipinski definition) is 6. The van der Waals surface area contributed by atoms with Crippen LogP contribution >= 0.6 is 0 Å². The number of aryl methyl sites for hydroxylation is 1. The quantitative estimate of drug-likeness (QED) is 0.539. The largest absolute Gasteiger partial charge is 0.383 e. The molecule has 1 fully saturated rings. The second-order valence-electron chi connectivity index (χ2n) is 7.79. The lowest BCUT2D eigenvalue weighted by Crippen LogP contribution is -2.47. The van der Waals surface area contributed by atoms with Crippen LogP contribution in [0.3, 0.4) is 0 Å². The highest BCUT2D eigenvalue weighted by molar-refractivity contribution is 7.91. The minimum Gasteiger partial charge on any atom is -0.383 e. The van der Waals surface area contributed by atoms with E-state index in [1.165, 1.54) is 5.56 Å². The van der Waals surface area contributed by atoms with Crippen molar-refractivity contribution in [1.82, 2.24) is 19.4 Å². The first-order chi connectivity index (χ1) is 14.5. The van der Waals surface area contributed by atoms with Crippen molar-refractivity contribution in [2.75, 3.05) is 52.2 Å². The van der Waals surface area contributed by atoms with Crippen molar-refractivity contribution in [3.63, 3.8) is 0 Å². The standard InChI is InChI=1S/C22H34N4O3S/c1-3-30(27,28)22-23-18-21(19-25-14-12-24(13-15-25)16-17-29-2)26(22)11-7-10-20-8-5-4-6-9-20/h4-6,8-9,18H,3,7,10-17,19H2,1-2H3. The number of aromatic nitrogens is 2. The highest BCUT2D eigenvalue weighted by Crippen LogP contribution is 2.17. The second kappa shape index (κ2) is 11.0. The summed E-state index contributed by atoms with van der Waals surface area (Å²) in [4.78, 5) is 9.12. The SMILES string of the molecule is CCS(=O)(=O)c1ncc(CN2CCN(CCOC)CC2)n1CCCc1ccccc1. The lowest BCUT2D eigenvalue weighted by Gasteiger charge is -2.34. The van der Waals surface area contributed by atoms with Crippen molar-refractivity contribution in [3.05, 3.63) is 47.8 Å². The number of nitrogens with zero attached hydrogens (tertiary/aromatic N) is 4. The minimum atomic E-state index is -3.35. The highest BCUT2D eigenvalue weighted by Gasteiger charge is 2.24. The Labute approximate surface area is 180 Å². The van der Waals surface area contributed by atoms with Gasteiger partial charge in [-0.25, -0.2) is 13.4 Å². The van der Waals surface area contributed by atoms with Gasteiger partial charge in [0.25, 0.3) is 0 Å². The summed E-state index contributed by atoms with van der Waals surface area (Å²) in [6.45, 7) is 8.73. The fourth-order valence-corrected chi connectivity index (χ4v) is 4.86. The third kappa shape index (κ3) is 6.14. The molecule has 7 nitrogen and oxygen atoms in total. The number of methoxy groups -OCH3 is 1. The van der Waals surface area contributed by atoms with Gasteiger partial charge >= 0.3 is 0 Å². The van der Waals surface area contributed by atoms with E-state index in [2.05, 4.69) is 26.9 Å². The van der Waals surface area contributed by atoms with Crippen LogP contribution in [-0.4, -0.2) is 80.0 Å². The van der Waals surface area contributed by atoms with Crippen LogP contribution in [0, 0.1) is 0 Å². The Morgan fingerprint density at radius 2 is 1.73 bits per heavy atom. The van der Waals surface area contributed by atoms with Crippen molar-refractivity contribution in [2.45, 2.75) is 38.0 Å². The predicted octanol–water partition coefficient (Wildman–Crippen LogP) is 2.07. The molecule has 1 aliphatic rings. The predicted molar refractivity (Wildman–Crippen MR) is 118 cm³/mol. The minimum absolute atomic E-state index is 0.0698. The summed E-state index contributed by atoms with van der Waals surface area (Å²) in [5, 5.41) is 0.215. The molecule has 0 bridgehead atoms. The van der Waals surface area contributed by atoms with E-state index in [0.717, 1.165) is 64.4 Å². The Balaban J connectivity index is 1.66. The molecule has 8 heteroatoms. The van der Waals surface area contributed by atoms with Gasteiger partial charge in [-0.15, -0.1) is 0 Å². The highest BCUT2D eigenvalue weighted by atomic mass is 32.2. The van der Waals surface area contributed by atoms with Crippen LogP contribution in [0.2, 0.25) is 0 Å². The van der Waals surface area contributed by atoms with Crippen molar-refractivity contribution in [3.8, 4) is 0 Å². The number of imidazole rings is 1. The summed E-state index contributed by atoms with van der Waals surface area (Å²) < 4.78 is 32.3. The number of piperazine rings is 1. The smallest absolute Gasteiger partial charge is 0.227 e. The molecule has 1 aromatic heterocycles. The molecule has 0 unspecified atom stereocenters. The molecule has 0 N–H and O–H groups in total. The molecule has 1 saturated heterocycles. The van der Waals surface area contributed by atoms with Gasteiger partial charge in [-0.3, -0.25) is 9.80 Å². The lowest BCUT2D eigenvalue weighted by atomic mass is 10.1. The van der Waals surface area contributed by atoms with Gasteiger partial charge in [0, 0.05) is 52.9 Å². The van der Waals surface area contributed by atoms with Crippen molar-refractivity contribution >= 4 is 9.84 Å². The Kier molecular flexibility index (Phi) is 8.44. The van der Waals surface area contributed by atoms with Gasteiger partial charge in [0.2, 0.25) is 15.0 Å². The first-order valence-electron chi connectivity index (χ1n) is 10.8. The van der Waals surface area contributed by atoms with Gasteiger partial charge in [0.1, 0.15) is 0 Å². The van der Waals surface area contributed by atoms with Gasteiger partial charge in [-0.2, -0.15) is 0 Å². The van der Waals surface area contributed by atoms with E-state index < -0.39 is 9.84 Å². The van der Waals surface area contributed by atoms with Crippen LogP contribution < -0.4 is 0 Å². The van der Waals surface area contributed by atoms with E-state index in [1.807, 2.05) is 22.8 Å². The van der Waals surface area contributed by atoms with E-state index in [1.54, 1.807) is 20.2 Å². The first-order valence-corrected chi connectivity index (χ1v) is 12.4. The van der Waals surface area contributed by atoms with Crippen molar-refractivity contribution in [2.24, 2.45) is 0 Å². The number of sulfone groups is 1. The van der Waals surface area contributed by atoms with Gasteiger partial charge < -0.3 is 9.30 Å². The van der Waals surface area contributed by atoms with E-state index in [0.29, 0.717) is 6.54 Å². The molecule has 0 amide bonds. The maximum absolute atomic E-state index is 12.6. The molecule has 1 aromatic carbocycles. The lowest BCUT2D eigenvalue weighted by molar-refractivity contribution is 0.0925. The van der Waals surface area contributed by atoms with E-state index in [-0.39, 0.29) is 10.9 Å². The zero-order chi connectivity index (χ0) is 21.4. The van der Waals surface area contributed by atoms with Crippen molar-refractivity contribution < 1.29 is 13.2 Å². The summed E-state index contributed by atoms with van der Waals surface area (Å²) in [5.41, 5.74) is 2.26. The third-order valence-corrected chi connectivity index (χ3v) is 7.35. The molecule has 30 heavy (non-hydrogen) atoms. The molecular formula is C22H34N4O3S. The normalized spacial score (nSPS) is 16.2. The van der Waals surface area contributed by atoms with E-state index in [4.69, 9.17) is 4.74 Å². The zero-order valence-corrected chi connectivity index (χ0v) is 19.0. The Morgan fingerprint density at radius 1 is 1.03 bits per heavy atom. The van der Waals surface area contributed by atoms with Gasteiger partial charge in [0.15, 0.2) is 0 Å². The molecular weight excluding hydrogens is 400 g/mol. The van der Waals surface area contributed by atoms with Crippen LogP contribution in [0.4, 0.5) is 0 Å². The average Bonchev–Trinajstić information content (AvgIpc) is 3.17. The maximum atomic E-state index is 12.6. The van der Waals surface area contributed by atoms with Gasteiger partial charge in [-0.1, -0.05) is 37.3 Å². The van der Waals surface area contributed by atoms with Gasteiger partial charge in [0.05, 0.1) is 24.3 Å². The Bertz CT molecular complexity index is 875. The average molecular weight is 435 g/mol. The summed E-state index contributed by atoms with van der Waals surface area (Å²) in [7, 11) is -1.62. The summed E-state index contributed by atoms with van der Waals surface area (Å²) in [6, 6.07) is 10.3. The summed E-state index contributed by atoms with van der Waals surface area (Å²) in [5.74, 6) is 0.0698. The van der Waals surface area contributed by atoms with Crippen LogP contribution in [0.1, 0.15) is 24.6 Å². The number of hydrogen-bond donors (Lipinski definition) is 0.